The molecule has 0 aliphatic rings. The molecule has 0 spiro atoms. The van der Waals surface area contributed by atoms with E-state index in [-0.39, 0.29) is 4.90 Å². The van der Waals surface area contributed by atoms with Gasteiger partial charge < -0.3 is 8.92 Å². The summed E-state index contributed by atoms with van der Waals surface area (Å²) in [7, 11) is -0.834. The van der Waals surface area contributed by atoms with Crippen LogP contribution >= 0.6 is 0 Å². The topological polar surface area (TPSA) is 30.8 Å². The van der Waals surface area contributed by atoms with E-state index in [1.54, 1.807) is 6.07 Å². The molecule has 1 aromatic carbocycles. The molecule has 0 amide bonds. The summed E-state index contributed by atoms with van der Waals surface area (Å²) in [5.74, 6) is 0. The van der Waals surface area contributed by atoms with E-state index < -0.39 is 29.0 Å². The molecule has 0 saturated carbocycles. The summed E-state index contributed by atoms with van der Waals surface area (Å²) in [5, 5.41) is 0. The number of alkyl halides is 6. The molecular weight excluding hydrogens is 324 g/mol. The Morgan fingerprint density at radius 3 is 1.71 bits per heavy atom. The van der Waals surface area contributed by atoms with Gasteiger partial charge in [0, 0.05) is 12.0 Å². The van der Waals surface area contributed by atoms with Crippen molar-refractivity contribution in [2.45, 2.75) is 23.0 Å². The first-order valence-electron chi connectivity index (χ1n) is 5.34. The highest BCUT2D eigenvalue weighted by Crippen LogP contribution is 2.47. The maximum Gasteiger partial charge on any atom is 0.449 e. The van der Waals surface area contributed by atoms with Crippen LogP contribution in [0.1, 0.15) is 0 Å². The lowest BCUT2D eigenvalue weighted by atomic mass is 10.2. The Labute approximate surface area is 119 Å². The van der Waals surface area contributed by atoms with Crippen LogP contribution in [0.25, 0.3) is 0 Å². The molecule has 3 nitrogen and oxygen atoms in total. The lowest BCUT2D eigenvalue weighted by Gasteiger charge is -2.32. The van der Waals surface area contributed by atoms with E-state index in [1.807, 2.05) is 0 Å². The first-order chi connectivity index (χ1) is 9.59. The molecule has 10 heteroatoms. The summed E-state index contributed by atoms with van der Waals surface area (Å²) in [6.07, 6.45) is -11.6. The molecule has 0 bridgehead atoms. The predicted octanol–water partition coefficient (Wildman–Crippen LogP) is 3.88. The maximum absolute atomic E-state index is 12.9. The van der Waals surface area contributed by atoms with Crippen molar-refractivity contribution in [1.29, 1.82) is 0 Å². The Balaban J connectivity index is 3.50. The Kier molecular flexibility index (Phi) is 5.40. The summed E-state index contributed by atoms with van der Waals surface area (Å²) in [6, 6.07) is 7.06. The molecule has 0 heterocycles. The van der Waals surface area contributed by atoms with Crippen molar-refractivity contribution in [3.05, 3.63) is 30.3 Å². The van der Waals surface area contributed by atoms with Crippen LogP contribution in [0.15, 0.2) is 39.6 Å². The third-order valence-electron chi connectivity index (χ3n) is 2.38. The van der Waals surface area contributed by atoms with Gasteiger partial charge in [-0.15, -0.1) is 0 Å². The van der Waals surface area contributed by atoms with Gasteiger partial charge in [0.25, 0.3) is 0 Å². The average Bonchev–Trinajstić information content (AvgIpc) is 2.38. The largest absolute Gasteiger partial charge is 0.449 e. The van der Waals surface area contributed by atoms with Crippen molar-refractivity contribution in [2.75, 3.05) is 14.2 Å². The van der Waals surface area contributed by atoms with E-state index in [0.717, 1.165) is 7.11 Å². The minimum atomic E-state index is -5.78. The fourth-order valence-electron chi connectivity index (χ4n) is 1.37. The first-order valence-corrected chi connectivity index (χ1v) is 6.45. The number of methoxy groups -OCH3 is 1. The summed E-state index contributed by atoms with van der Waals surface area (Å²) in [5.41, 5.74) is -4.64. The molecule has 0 radical (unpaired) electrons. The Morgan fingerprint density at radius 2 is 1.38 bits per heavy atom. The second-order valence-electron chi connectivity index (χ2n) is 3.66. The summed E-state index contributed by atoms with van der Waals surface area (Å²) >= 11 is 0. The smallest absolute Gasteiger partial charge is 0.342 e. The van der Waals surface area contributed by atoms with Crippen LogP contribution in [0.4, 0.5) is 26.3 Å². The molecular formula is C11H11F6NO2S. The Bertz CT molecular complexity index is 486. The molecule has 0 aliphatic heterocycles. The fraction of sp³-hybridized carbons (Fsp3) is 0.455. The van der Waals surface area contributed by atoms with E-state index in [4.69, 9.17) is 0 Å². The number of rotatable bonds is 4. The molecule has 0 saturated heterocycles. The molecule has 0 aromatic heterocycles. The van der Waals surface area contributed by atoms with Crippen LogP contribution in [0.3, 0.4) is 0 Å². The molecule has 21 heavy (non-hydrogen) atoms. The van der Waals surface area contributed by atoms with Crippen LogP contribution in [-0.2, 0) is 19.9 Å². The number of hydrogen-bond donors (Lipinski definition) is 0. The summed E-state index contributed by atoms with van der Waals surface area (Å²) in [6.45, 7) is 0. The zero-order valence-electron chi connectivity index (χ0n) is 10.8. The van der Waals surface area contributed by atoms with Crippen LogP contribution in [0, 0.1) is 0 Å². The molecule has 1 atom stereocenters. The molecule has 1 aromatic rings. The van der Waals surface area contributed by atoms with E-state index in [1.165, 1.54) is 24.3 Å². The predicted molar refractivity (Wildman–Crippen MR) is 63.4 cm³/mol. The second-order valence-corrected chi connectivity index (χ2v) is 5.15. The second kappa shape index (κ2) is 6.32. The molecule has 120 valence electrons. The lowest BCUT2D eigenvalue weighted by Crippen LogP contribution is -2.57. The highest BCUT2D eigenvalue weighted by molar-refractivity contribution is 7.82. The lowest BCUT2D eigenvalue weighted by molar-refractivity contribution is -0.371. The molecule has 0 fully saturated rings. The van der Waals surface area contributed by atoms with Gasteiger partial charge >= 0.3 is 18.1 Å². The number of benzene rings is 1. The van der Waals surface area contributed by atoms with E-state index >= 15 is 0 Å². The molecule has 0 aliphatic carbocycles. The maximum atomic E-state index is 12.9. The minimum absolute atomic E-state index is 0.0647. The van der Waals surface area contributed by atoms with Crippen molar-refractivity contribution in [3.63, 3.8) is 0 Å². The zero-order valence-corrected chi connectivity index (χ0v) is 11.6. The van der Waals surface area contributed by atoms with Gasteiger partial charge in [0.2, 0.25) is 0 Å². The SMILES string of the molecule is CO/S(=N\C(OC)(C(F)(F)F)C(F)(F)F)c1ccccc1. The van der Waals surface area contributed by atoms with Crippen LogP contribution in [0.5, 0.6) is 0 Å². The average molecular weight is 335 g/mol. The number of ether oxygens (including phenoxy) is 1. The van der Waals surface area contributed by atoms with Crippen LogP contribution in [-0.4, -0.2) is 32.3 Å². The Morgan fingerprint density at radius 1 is 0.905 bits per heavy atom. The van der Waals surface area contributed by atoms with Crippen molar-refractivity contribution >= 4 is 11.0 Å². The van der Waals surface area contributed by atoms with Gasteiger partial charge in [0.05, 0.1) is 18.1 Å². The molecule has 1 rings (SSSR count). The zero-order chi connectivity index (χ0) is 16.3. The molecule has 1 unspecified atom stereocenters. The van der Waals surface area contributed by atoms with E-state index in [2.05, 4.69) is 13.3 Å². The standard InChI is InChI=1S/C11H11F6NO2S/c1-19-9(10(12,13)14,11(15,16)17)18-21(20-2)8-6-4-3-5-7-8/h3-7H,1-2H3. The van der Waals surface area contributed by atoms with Gasteiger partial charge in [-0.1, -0.05) is 18.2 Å². The summed E-state index contributed by atoms with van der Waals surface area (Å²) < 4.78 is 88.6. The van der Waals surface area contributed by atoms with Gasteiger partial charge in [0.15, 0.2) is 0 Å². The highest BCUT2D eigenvalue weighted by atomic mass is 32.2. The number of halogens is 6. The number of nitrogens with zero attached hydrogens (tertiary/aromatic N) is 1. The monoisotopic (exact) mass is 335 g/mol. The first kappa shape index (κ1) is 17.9. The highest BCUT2D eigenvalue weighted by Gasteiger charge is 2.73. The third-order valence-corrected chi connectivity index (χ3v) is 3.79. The van der Waals surface area contributed by atoms with Crippen LogP contribution in [0.2, 0.25) is 0 Å². The van der Waals surface area contributed by atoms with Gasteiger partial charge in [-0.25, -0.2) is 0 Å². The quantitative estimate of drug-likeness (QED) is 0.782. The van der Waals surface area contributed by atoms with Gasteiger partial charge in [-0.3, -0.25) is 0 Å². The van der Waals surface area contributed by atoms with E-state index in [0.29, 0.717) is 7.11 Å². The van der Waals surface area contributed by atoms with Crippen molar-refractivity contribution in [1.82, 2.24) is 0 Å². The Hall–Kier alpha value is -1.13. The fourth-order valence-corrected chi connectivity index (χ4v) is 2.65. The normalized spacial score (nSPS) is 15.2. The number of hydrogen-bond acceptors (Lipinski definition) is 3. The van der Waals surface area contributed by atoms with Crippen molar-refractivity contribution in [3.8, 4) is 0 Å². The van der Waals surface area contributed by atoms with Crippen LogP contribution < -0.4 is 0 Å². The molecule has 0 N–H and O–H groups in total. The third kappa shape index (κ3) is 3.55. The summed E-state index contributed by atoms with van der Waals surface area (Å²) in [4.78, 5) is 0.0647. The van der Waals surface area contributed by atoms with Crippen molar-refractivity contribution in [2.24, 2.45) is 4.36 Å². The van der Waals surface area contributed by atoms with Gasteiger partial charge in [0.1, 0.15) is 0 Å². The van der Waals surface area contributed by atoms with Crippen molar-refractivity contribution < 1.29 is 35.3 Å². The van der Waals surface area contributed by atoms with E-state index in [9.17, 15) is 26.3 Å². The van der Waals surface area contributed by atoms with Gasteiger partial charge in [-0.05, 0) is 12.1 Å². The minimum Gasteiger partial charge on any atom is -0.342 e. The van der Waals surface area contributed by atoms with Gasteiger partial charge in [-0.2, -0.15) is 30.7 Å².